The number of ether oxygens (including phenoxy) is 1. The third-order valence-corrected chi connectivity index (χ3v) is 8.63. The van der Waals surface area contributed by atoms with Crippen LogP contribution in [0.2, 0.25) is 0 Å². The molecule has 2 rings (SSSR count). The molecule has 2 atom stereocenters. The van der Waals surface area contributed by atoms with Crippen molar-refractivity contribution in [2.45, 2.75) is 5.78 Å². The summed E-state index contributed by atoms with van der Waals surface area (Å²) in [5, 5.41) is 4.29. The molecule has 4 N–H and O–H groups in total. The van der Waals surface area contributed by atoms with E-state index in [0.717, 1.165) is 16.2 Å². The monoisotopic (exact) mass is 563 g/mol. The number of hydrogen-bond acceptors (Lipinski definition) is 7. The van der Waals surface area contributed by atoms with Gasteiger partial charge in [0.2, 0.25) is 7.07 Å². The van der Waals surface area contributed by atoms with E-state index < -0.39 is 34.3 Å². The summed E-state index contributed by atoms with van der Waals surface area (Å²) >= 11 is 5.42. The summed E-state index contributed by atoms with van der Waals surface area (Å²) in [6, 6.07) is 13.1. The van der Waals surface area contributed by atoms with Gasteiger partial charge in [-0.15, -0.1) is 6.58 Å². The summed E-state index contributed by atoms with van der Waals surface area (Å²) in [6.07, 6.45) is 2.09. The van der Waals surface area contributed by atoms with Gasteiger partial charge < -0.3 is 28.8 Å². The highest BCUT2D eigenvalue weighted by atomic mass is 32.4. The molecule has 15 heteroatoms. The molecule has 0 fully saturated rings. The van der Waals surface area contributed by atoms with Crippen molar-refractivity contribution in [3.8, 4) is 11.5 Å². The molecule has 0 saturated carbocycles. The van der Waals surface area contributed by atoms with Crippen LogP contribution in [0.4, 0.5) is 0 Å². The maximum atomic E-state index is 12.2. The van der Waals surface area contributed by atoms with Gasteiger partial charge in [0.25, 0.3) is 0 Å². The molecule has 35 heavy (non-hydrogen) atoms. The van der Waals surface area contributed by atoms with Gasteiger partial charge in [-0.1, -0.05) is 18.2 Å². The van der Waals surface area contributed by atoms with Gasteiger partial charge in [-0.05, 0) is 59.3 Å². The molecule has 0 spiro atoms. The third-order valence-electron chi connectivity index (χ3n) is 4.54. The van der Waals surface area contributed by atoms with Gasteiger partial charge in [0.1, 0.15) is 23.6 Å². The van der Waals surface area contributed by atoms with Crippen LogP contribution < -0.4 is 9.26 Å². The van der Waals surface area contributed by atoms with E-state index in [-0.39, 0.29) is 12.1 Å². The SMILES string of the molecule is C=CCN(CP(=O)(O)O)C(c1ccc(O[PH](=S)N(C)/N=C/c2ccc(OC)cc2)cc1)P(=O)(O)O. The van der Waals surface area contributed by atoms with Crippen LogP contribution in [0, 0.1) is 0 Å². The van der Waals surface area contributed by atoms with Crippen LogP contribution in [0.25, 0.3) is 0 Å². The van der Waals surface area contributed by atoms with Gasteiger partial charge in [0, 0.05) is 13.6 Å². The smallest absolute Gasteiger partial charge is 0.347 e. The van der Waals surface area contributed by atoms with Crippen molar-refractivity contribution in [2.24, 2.45) is 5.10 Å². The molecule has 0 amide bonds. The van der Waals surface area contributed by atoms with Gasteiger partial charge in [-0.25, -0.2) is 4.78 Å². The number of hydrogen-bond donors (Lipinski definition) is 4. The summed E-state index contributed by atoms with van der Waals surface area (Å²) < 4.78 is 36.1. The van der Waals surface area contributed by atoms with Gasteiger partial charge in [0.05, 0.1) is 13.3 Å². The Hall–Kier alpha value is -1.84. The maximum Gasteiger partial charge on any atom is 0.347 e. The van der Waals surface area contributed by atoms with Crippen LogP contribution >= 0.6 is 22.3 Å². The topological polar surface area (TPSA) is 152 Å². The lowest BCUT2D eigenvalue weighted by Crippen LogP contribution is -2.30. The molecule has 0 radical (unpaired) electrons. The molecule has 0 heterocycles. The second kappa shape index (κ2) is 12.9. The minimum atomic E-state index is -4.83. The van der Waals surface area contributed by atoms with E-state index >= 15 is 0 Å². The number of benzene rings is 2. The van der Waals surface area contributed by atoms with Crippen LogP contribution in [-0.2, 0) is 20.9 Å². The van der Waals surface area contributed by atoms with Crippen LogP contribution in [0.1, 0.15) is 16.9 Å². The Morgan fingerprint density at radius 3 is 2.14 bits per heavy atom. The highest BCUT2D eigenvalue weighted by molar-refractivity contribution is 8.02. The van der Waals surface area contributed by atoms with E-state index in [9.17, 15) is 28.7 Å². The number of nitrogens with zero attached hydrogens (tertiary/aromatic N) is 3. The molecule has 192 valence electrons. The highest BCUT2D eigenvalue weighted by Gasteiger charge is 2.38. The van der Waals surface area contributed by atoms with Crippen molar-refractivity contribution >= 4 is 40.3 Å². The Morgan fingerprint density at radius 1 is 1.09 bits per heavy atom. The van der Waals surface area contributed by atoms with Crippen molar-refractivity contribution in [3.05, 3.63) is 72.3 Å². The fraction of sp³-hybridized carbons (Fsp3) is 0.250. The summed E-state index contributed by atoms with van der Waals surface area (Å²) in [5.41, 5.74) is 1.000. The lowest BCUT2D eigenvalue weighted by Gasteiger charge is -2.31. The zero-order valence-corrected chi connectivity index (χ0v) is 22.6. The summed E-state index contributed by atoms with van der Waals surface area (Å²) in [4.78, 5) is 39.5. The average Bonchev–Trinajstić information content (AvgIpc) is 2.77. The first kappa shape index (κ1) is 29.4. The number of methoxy groups -OCH3 is 1. The van der Waals surface area contributed by atoms with E-state index in [1.165, 1.54) is 35.1 Å². The molecular formula is C20H28N3O8P3S. The van der Waals surface area contributed by atoms with Crippen LogP contribution in [0.3, 0.4) is 0 Å². The molecular weight excluding hydrogens is 535 g/mol. The molecule has 2 aromatic carbocycles. The number of hydrazone groups is 1. The van der Waals surface area contributed by atoms with Crippen molar-refractivity contribution in [1.82, 2.24) is 9.68 Å². The van der Waals surface area contributed by atoms with Crippen molar-refractivity contribution in [3.63, 3.8) is 0 Å². The van der Waals surface area contributed by atoms with Gasteiger partial charge in [0.15, 0.2) is 0 Å². The molecule has 0 aliphatic rings. The summed E-state index contributed by atoms with van der Waals surface area (Å²) in [6.45, 7) is 3.35. The van der Waals surface area contributed by atoms with E-state index in [1.54, 1.807) is 32.5 Å². The molecule has 11 nitrogen and oxygen atoms in total. The van der Waals surface area contributed by atoms with Gasteiger partial charge in [-0.2, -0.15) is 5.10 Å². The fourth-order valence-electron chi connectivity index (χ4n) is 3.02. The minimum absolute atomic E-state index is 0.143. The Bertz CT molecular complexity index is 1140. The minimum Gasteiger partial charge on any atom is -0.497 e. The molecule has 0 saturated heterocycles. The zero-order chi connectivity index (χ0) is 26.2. The highest BCUT2D eigenvalue weighted by Crippen LogP contribution is 2.55. The molecule has 2 aromatic rings. The van der Waals surface area contributed by atoms with Crippen LogP contribution in [-0.4, -0.2) is 62.5 Å². The van der Waals surface area contributed by atoms with E-state index in [4.69, 9.17) is 21.1 Å². The van der Waals surface area contributed by atoms with Crippen LogP contribution in [0.5, 0.6) is 11.5 Å². The molecule has 0 aliphatic heterocycles. The van der Waals surface area contributed by atoms with Gasteiger partial charge in [-0.3, -0.25) is 14.0 Å². The normalized spacial score (nSPS) is 14.0. The van der Waals surface area contributed by atoms with Gasteiger partial charge >= 0.3 is 15.2 Å². The van der Waals surface area contributed by atoms with E-state index in [1.807, 2.05) is 12.1 Å². The van der Waals surface area contributed by atoms with E-state index in [2.05, 4.69) is 11.7 Å². The first-order valence-electron chi connectivity index (χ1n) is 10.0. The van der Waals surface area contributed by atoms with Crippen molar-refractivity contribution in [1.29, 1.82) is 0 Å². The Morgan fingerprint density at radius 2 is 1.66 bits per heavy atom. The first-order valence-corrected chi connectivity index (χ1v) is 16.0. The van der Waals surface area contributed by atoms with Crippen LogP contribution in [0.15, 0.2) is 66.3 Å². The second-order valence-electron chi connectivity index (χ2n) is 7.31. The lowest BCUT2D eigenvalue weighted by molar-refractivity contribution is 0.241. The fourth-order valence-corrected chi connectivity index (χ4v) is 6.12. The van der Waals surface area contributed by atoms with Crippen molar-refractivity contribution < 1.29 is 38.0 Å². The Balaban J connectivity index is 2.14. The Kier molecular flexibility index (Phi) is 10.9. The first-order chi connectivity index (χ1) is 16.3. The predicted molar refractivity (Wildman–Crippen MR) is 140 cm³/mol. The van der Waals surface area contributed by atoms with Crippen molar-refractivity contribution in [2.75, 3.05) is 27.0 Å². The summed E-state index contributed by atoms with van der Waals surface area (Å²) in [5.74, 6) is -0.489. The molecule has 0 aliphatic carbocycles. The maximum absolute atomic E-state index is 12.2. The molecule has 0 bridgehead atoms. The summed E-state index contributed by atoms with van der Waals surface area (Å²) in [7, 11) is -8.16. The average molecular weight is 563 g/mol. The second-order valence-corrected chi connectivity index (χ2v) is 13.0. The third kappa shape index (κ3) is 9.61. The Labute approximate surface area is 209 Å². The lowest BCUT2D eigenvalue weighted by atomic mass is 10.2. The molecule has 0 aromatic heterocycles. The number of rotatable bonds is 13. The largest absolute Gasteiger partial charge is 0.497 e. The zero-order valence-electron chi connectivity index (χ0n) is 19.0. The van der Waals surface area contributed by atoms with E-state index in [0.29, 0.717) is 5.75 Å². The predicted octanol–water partition coefficient (Wildman–Crippen LogP) is 3.35. The quantitative estimate of drug-likeness (QED) is 0.123. The molecule has 2 unspecified atom stereocenters. The standard InChI is InChI=1S/C20H28N3O8P3S/c1-4-13-23(15-33(24,25)26)20(34(27,28)29)17-7-11-19(12-8-17)31-32(35)22(2)21-14-16-5-9-18(30-3)10-6-16/h4-12,14,20,32H,1,13,15H2,2-3H3,(H2,24,25,26)(H2,27,28,29)/b21-14+.